The average Bonchev–Trinajstić information content (AvgIpc) is 3.15. The van der Waals surface area contributed by atoms with Crippen LogP contribution >= 0.6 is 0 Å². The van der Waals surface area contributed by atoms with Gasteiger partial charge in [-0.3, -0.25) is 4.79 Å². The van der Waals surface area contributed by atoms with Gasteiger partial charge in [-0.05, 0) is 19.3 Å². The number of hydrogen-bond acceptors (Lipinski definition) is 2. The van der Waals surface area contributed by atoms with Gasteiger partial charge in [0.1, 0.15) is 0 Å². The van der Waals surface area contributed by atoms with Crippen LogP contribution in [0.2, 0.25) is 0 Å². The minimum Gasteiger partial charge on any atom is -0.397 e. The highest BCUT2D eigenvalue weighted by Gasteiger charge is 2.51. The van der Waals surface area contributed by atoms with E-state index in [-0.39, 0.29) is 11.7 Å². The van der Waals surface area contributed by atoms with E-state index < -0.39 is 0 Å². The second-order valence-electron chi connectivity index (χ2n) is 4.75. The summed E-state index contributed by atoms with van der Waals surface area (Å²) >= 11 is 0. The lowest BCUT2D eigenvalue weighted by molar-refractivity contribution is -0.589. The Hall–Kier alpha value is -1.12. The number of rotatable bonds is 4. The monoisotopic (exact) mass is 206 g/mol. The highest BCUT2D eigenvalue weighted by molar-refractivity contribution is 5.96. The number of oxazole rings is 1. The molecule has 1 saturated carbocycles. The van der Waals surface area contributed by atoms with Crippen molar-refractivity contribution < 1.29 is 13.8 Å². The van der Waals surface area contributed by atoms with Gasteiger partial charge in [-0.25, -0.2) is 0 Å². The lowest BCUT2D eigenvalue weighted by atomic mass is 10.0. The van der Waals surface area contributed by atoms with Gasteiger partial charge in [-0.1, -0.05) is 13.8 Å². The normalized spacial score (nSPS) is 19.9. The van der Waals surface area contributed by atoms with E-state index in [9.17, 15) is 4.79 Å². The molecule has 0 amide bonds. The zero-order valence-corrected chi connectivity index (χ0v) is 9.25. The van der Waals surface area contributed by atoms with Crippen LogP contribution in [0.15, 0.2) is 4.42 Å². The minimum absolute atomic E-state index is 0.0912. The van der Waals surface area contributed by atoms with Gasteiger partial charge < -0.3 is 4.42 Å². The van der Waals surface area contributed by atoms with Crippen molar-refractivity contribution in [3.05, 3.63) is 17.3 Å². The predicted octanol–water partition coefficient (Wildman–Crippen LogP) is 2.04. The quantitative estimate of drug-likeness (QED) is 0.566. The molecule has 1 atom stereocenters. The SMILES string of the molecule is CCC(C)C(=O)c1oc(C2CC2)[n+]2c1C2. The second kappa shape index (κ2) is 2.94. The fourth-order valence-electron chi connectivity index (χ4n) is 1.97. The molecule has 1 aromatic heterocycles. The zero-order valence-electron chi connectivity index (χ0n) is 9.25. The highest BCUT2D eigenvalue weighted by Crippen LogP contribution is 2.41. The predicted molar refractivity (Wildman–Crippen MR) is 53.8 cm³/mol. The smallest absolute Gasteiger partial charge is 0.351 e. The van der Waals surface area contributed by atoms with Gasteiger partial charge in [-0.15, -0.1) is 4.57 Å². The van der Waals surface area contributed by atoms with E-state index in [4.69, 9.17) is 4.42 Å². The highest BCUT2D eigenvalue weighted by atomic mass is 16.4. The number of carbonyl (C=O) groups is 1. The summed E-state index contributed by atoms with van der Waals surface area (Å²) in [6, 6.07) is 0. The number of Topliss-reactive ketones (excluding diaryl/α,β-unsaturated/α-hetero) is 1. The van der Waals surface area contributed by atoms with E-state index in [2.05, 4.69) is 4.57 Å². The first-order valence-electron chi connectivity index (χ1n) is 5.82. The van der Waals surface area contributed by atoms with Crippen LogP contribution in [0.3, 0.4) is 0 Å². The van der Waals surface area contributed by atoms with Crippen molar-refractivity contribution in [2.75, 3.05) is 0 Å². The van der Waals surface area contributed by atoms with Crippen LogP contribution in [-0.4, -0.2) is 5.78 Å². The molecule has 1 fully saturated rings. The van der Waals surface area contributed by atoms with Crippen molar-refractivity contribution in [3.8, 4) is 0 Å². The Bertz CT molecular complexity index is 429. The molecule has 0 radical (unpaired) electrons. The van der Waals surface area contributed by atoms with Crippen LogP contribution in [0.1, 0.15) is 61.2 Å². The van der Waals surface area contributed by atoms with Gasteiger partial charge >= 0.3 is 5.89 Å². The maximum atomic E-state index is 12.0. The topological polar surface area (TPSA) is 34.1 Å². The zero-order chi connectivity index (χ0) is 10.6. The Balaban J connectivity index is 1.90. The Kier molecular flexibility index (Phi) is 1.79. The number of nitrogens with zero attached hydrogens (tertiary/aromatic N) is 1. The summed E-state index contributed by atoms with van der Waals surface area (Å²) in [6.07, 6.45) is 3.34. The fourth-order valence-corrected chi connectivity index (χ4v) is 1.97. The summed E-state index contributed by atoms with van der Waals surface area (Å²) in [5.41, 5.74) is 1.13. The summed E-state index contributed by atoms with van der Waals surface area (Å²) in [4.78, 5) is 12.0. The van der Waals surface area contributed by atoms with Crippen molar-refractivity contribution in [3.63, 3.8) is 0 Å². The molecule has 1 aliphatic carbocycles. The van der Waals surface area contributed by atoms with Gasteiger partial charge in [0, 0.05) is 5.92 Å². The molecule has 1 aromatic rings. The Morgan fingerprint density at radius 3 is 2.93 bits per heavy atom. The molecule has 80 valence electrons. The first kappa shape index (κ1) is 9.13. The summed E-state index contributed by atoms with van der Waals surface area (Å²) < 4.78 is 7.86. The van der Waals surface area contributed by atoms with Crippen LogP contribution in [0.4, 0.5) is 0 Å². The molecule has 3 rings (SSSR count). The van der Waals surface area contributed by atoms with Crippen molar-refractivity contribution >= 4 is 5.78 Å². The van der Waals surface area contributed by atoms with Crippen molar-refractivity contribution in [2.45, 2.75) is 45.6 Å². The van der Waals surface area contributed by atoms with Gasteiger partial charge in [0.05, 0.1) is 5.92 Å². The molecule has 3 nitrogen and oxygen atoms in total. The van der Waals surface area contributed by atoms with Gasteiger partial charge in [-0.2, -0.15) is 0 Å². The Morgan fingerprint density at radius 1 is 1.60 bits per heavy atom. The van der Waals surface area contributed by atoms with Crippen molar-refractivity contribution in [1.82, 2.24) is 0 Å². The lowest BCUT2D eigenvalue weighted by Gasteiger charge is -2.01. The average molecular weight is 206 g/mol. The maximum absolute atomic E-state index is 12.0. The molecule has 0 saturated heterocycles. The molecule has 0 N–H and O–H groups in total. The molecule has 1 unspecified atom stereocenters. The van der Waals surface area contributed by atoms with Crippen LogP contribution in [0.25, 0.3) is 0 Å². The molecule has 0 bridgehead atoms. The maximum Gasteiger partial charge on any atom is 0.351 e. The minimum atomic E-state index is 0.0912. The molecular formula is C12H16NO2+. The Labute approximate surface area is 89.1 Å². The van der Waals surface area contributed by atoms with E-state index in [0.717, 1.165) is 24.6 Å². The number of ketones is 1. The molecule has 0 aromatic carbocycles. The van der Waals surface area contributed by atoms with Crippen LogP contribution in [0, 0.1) is 5.92 Å². The second-order valence-corrected chi connectivity index (χ2v) is 4.75. The first-order valence-corrected chi connectivity index (χ1v) is 5.82. The molecule has 15 heavy (non-hydrogen) atoms. The third kappa shape index (κ3) is 1.33. The lowest BCUT2D eigenvalue weighted by Crippen LogP contribution is -2.14. The summed E-state index contributed by atoms with van der Waals surface area (Å²) in [7, 11) is 0. The fraction of sp³-hybridized carbons (Fsp3) is 0.667. The van der Waals surface area contributed by atoms with Gasteiger partial charge in [0.2, 0.25) is 18.1 Å². The molecule has 3 heteroatoms. The van der Waals surface area contributed by atoms with E-state index in [1.54, 1.807) is 0 Å². The first-order chi connectivity index (χ1) is 7.22. The molecule has 2 aliphatic rings. The number of carbonyl (C=O) groups excluding carboxylic acids is 1. The summed E-state index contributed by atoms with van der Waals surface area (Å²) in [5.74, 6) is 2.58. The van der Waals surface area contributed by atoms with E-state index in [1.807, 2.05) is 13.8 Å². The third-order valence-corrected chi connectivity index (χ3v) is 3.48. The largest absolute Gasteiger partial charge is 0.397 e. The van der Waals surface area contributed by atoms with Gasteiger partial charge in [0.25, 0.3) is 5.69 Å². The van der Waals surface area contributed by atoms with E-state index >= 15 is 0 Å². The number of aromatic nitrogens is 1. The van der Waals surface area contributed by atoms with Crippen molar-refractivity contribution in [1.29, 1.82) is 0 Å². The number of fused-ring (bicyclic) bond motifs is 1. The molecule has 1 aliphatic heterocycles. The number of hydrogen-bond donors (Lipinski definition) is 0. The van der Waals surface area contributed by atoms with E-state index in [1.165, 1.54) is 12.8 Å². The molecule has 0 spiro atoms. The summed E-state index contributed by atoms with van der Waals surface area (Å²) in [6.45, 7) is 4.95. The third-order valence-electron chi connectivity index (χ3n) is 3.48. The van der Waals surface area contributed by atoms with Crippen LogP contribution in [-0.2, 0) is 6.54 Å². The van der Waals surface area contributed by atoms with Crippen molar-refractivity contribution in [2.24, 2.45) is 5.92 Å². The standard InChI is InChI=1S/C12H16NO2/c1-3-7(2)10(14)11-9-6-13(9)12(15-11)8-4-5-8/h7-8H,3-6H2,1-2H3/q+1. The van der Waals surface area contributed by atoms with Crippen LogP contribution < -0.4 is 4.57 Å². The van der Waals surface area contributed by atoms with E-state index in [0.29, 0.717) is 11.7 Å². The molecular weight excluding hydrogens is 190 g/mol. The summed E-state index contributed by atoms with van der Waals surface area (Å²) in [5, 5.41) is 0. The Morgan fingerprint density at radius 2 is 2.33 bits per heavy atom. The molecule has 2 heterocycles. The van der Waals surface area contributed by atoms with Crippen LogP contribution in [0.5, 0.6) is 0 Å². The van der Waals surface area contributed by atoms with Gasteiger partial charge in [0.15, 0.2) is 0 Å².